The van der Waals surface area contributed by atoms with Crippen LogP contribution in [0.15, 0.2) is 12.4 Å². The Morgan fingerprint density at radius 3 is 2.62 bits per heavy atom. The van der Waals surface area contributed by atoms with E-state index in [1.165, 1.54) is 12.4 Å². The summed E-state index contributed by atoms with van der Waals surface area (Å²) in [5, 5.41) is 21.1. The van der Waals surface area contributed by atoms with Gasteiger partial charge in [-0.3, -0.25) is 10.1 Å². The standard InChI is InChI=1S/C13H21N5O3/c1-9(2)10(3-4-11(19)20)5-6-15-13(21)17-12-14-7-8-16-18-12/h7-10H,3-6H2,1-2H3,(H,19,20)(H2,14,15,17,18,21). The zero-order valence-electron chi connectivity index (χ0n) is 12.2. The van der Waals surface area contributed by atoms with E-state index in [1.807, 2.05) is 0 Å². The van der Waals surface area contributed by atoms with Gasteiger partial charge >= 0.3 is 12.0 Å². The van der Waals surface area contributed by atoms with E-state index in [-0.39, 0.29) is 18.3 Å². The van der Waals surface area contributed by atoms with Crippen LogP contribution in [0.25, 0.3) is 0 Å². The summed E-state index contributed by atoms with van der Waals surface area (Å²) in [5.41, 5.74) is 0. The molecule has 1 aromatic rings. The molecule has 0 spiro atoms. The van der Waals surface area contributed by atoms with Crippen LogP contribution in [-0.2, 0) is 4.79 Å². The number of urea groups is 1. The summed E-state index contributed by atoms with van der Waals surface area (Å²) in [6.45, 7) is 4.57. The number of aliphatic carboxylic acids is 1. The van der Waals surface area contributed by atoms with Crippen molar-refractivity contribution in [1.29, 1.82) is 0 Å². The van der Waals surface area contributed by atoms with Crippen LogP contribution >= 0.6 is 0 Å². The van der Waals surface area contributed by atoms with E-state index in [1.54, 1.807) is 0 Å². The van der Waals surface area contributed by atoms with Crippen LogP contribution in [0.4, 0.5) is 10.7 Å². The molecule has 0 saturated carbocycles. The van der Waals surface area contributed by atoms with Gasteiger partial charge < -0.3 is 10.4 Å². The topological polar surface area (TPSA) is 117 Å². The molecule has 21 heavy (non-hydrogen) atoms. The van der Waals surface area contributed by atoms with Crippen molar-refractivity contribution in [3.8, 4) is 0 Å². The predicted molar refractivity (Wildman–Crippen MR) is 76.7 cm³/mol. The van der Waals surface area contributed by atoms with Crippen LogP contribution < -0.4 is 10.6 Å². The van der Waals surface area contributed by atoms with Gasteiger partial charge in [-0.05, 0) is 24.7 Å². The number of hydrogen-bond donors (Lipinski definition) is 3. The third kappa shape index (κ3) is 7.19. The van der Waals surface area contributed by atoms with Crippen molar-refractivity contribution < 1.29 is 14.7 Å². The molecule has 8 heteroatoms. The molecule has 0 aliphatic heterocycles. The number of carboxylic acid groups (broad SMARTS) is 1. The third-order valence-electron chi connectivity index (χ3n) is 3.18. The number of carbonyl (C=O) groups is 2. The Hall–Kier alpha value is -2.25. The van der Waals surface area contributed by atoms with Gasteiger partial charge in [-0.25, -0.2) is 9.78 Å². The van der Waals surface area contributed by atoms with Gasteiger partial charge in [-0.2, -0.15) is 5.10 Å². The maximum absolute atomic E-state index is 11.6. The number of anilines is 1. The van der Waals surface area contributed by atoms with Gasteiger partial charge in [0, 0.05) is 13.0 Å². The zero-order chi connectivity index (χ0) is 15.7. The molecule has 1 heterocycles. The monoisotopic (exact) mass is 295 g/mol. The normalized spacial score (nSPS) is 12.0. The Kier molecular flexibility index (Phi) is 7.06. The molecule has 8 nitrogen and oxygen atoms in total. The van der Waals surface area contributed by atoms with E-state index in [2.05, 4.69) is 39.7 Å². The molecule has 0 fully saturated rings. The first-order valence-electron chi connectivity index (χ1n) is 6.89. The van der Waals surface area contributed by atoms with Crippen LogP contribution in [0.2, 0.25) is 0 Å². The Balaban J connectivity index is 2.29. The minimum atomic E-state index is -0.792. The largest absolute Gasteiger partial charge is 0.481 e. The van der Waals surface area contributed by atoms with E-state index in [9.17, 15) is 9.59 Å². The first-order valence-corrected chi connectivity index (χ1v) is 6.89. The second-order valence-electron chi connectivity index (χ2n) is 5.07. The number of rotatable bonds is 8. The second-order valence-corrected chi connectivity index (χ2v) is 5.07. The molecule has 0 bridgehead atoms. The highest BCUT2D eigenvalue weighted by Gasteiger charge is 2.15. The minimum Gasteiger partial charge on any atom is -0.481 e. The molecule has 116 valence electrons. The van der Waals surface area contributed by atoms with E-state index in [4.69, 9.17) is 5.11 Å². The number of nitrogens with zero attached hydrogens (tertiary/aromatic N) is 3. The zero-order valence-corrected chi connectivity index (χ0v) is 12.2. The molecule has 1 unspecified atom stereocenters. The SMILES string of the molecule is CC(C)C(CCNC(=O)Nc1nccnn1)CCC(=O)O. The Labute approximate surface area is 123 Å². The fourth-order valence-corrected chi connectivity index (χ4v) is 1.94. The molecule has 0 saturated heterocycles. The number of amides is 2. The lowest BCUT2D eigenvalue weighted by atomic mass is 9.88. The van der Waals surface area contributed by atoms with E-state index in [0.717, 1.165) is 6.42 Å². The minimum absolute atomic E-state index is 0.140. The van der Waals surface area contributed by atoms with Crippen molar-refractivity contribution in [2.24, 2.45) is 11.8 Å². The molecule has 2 amide bonds. The van der Waals surface area contributed by atoms with Crippen molar-refractivity contribution in [3.63, 3.8) is 0 Å². The molecule has 1 aromatic heterocycles. The highest BCUT2D eigenvalue weighted by Crippen LogP contribution is 2.20. The van der Waals surface area contributed by atoms with Crippen LogP contribution in [0.5, 0.6) is 0 Å². The quantitative estimate of drug-likeness (QED) is 0.669. The molecule has 1 rings (SSSR count). The number of carboxylic acids is 1. The predicted octanol–water partition coefficient (Wildman–Crippen LogP) is 1.52. The number of nitrogens with one attached hydrogen (secondary N) is 2. The van der Waals surface area contributed by atoms with Gasteiger partial charge in [0.15, 0.2) is 0 Å². The van der Waals surface area contributed by atoms with Crippen LogP contribution in [0, 0.1) is 11.8 Å². The molecular weight excluding hydrogens is 274 g/mol. The van der Waals surface area contributed by atoms with E-state index < -0.39 is 12.0 Å². The fourth-order valence-electron chi connectivity index (χ4n) is 1.94. The number of aromatic nitrogens is 3. The van der Waals surface area contributed by atoms with Crippen molar-refractivity contribution in [2.45, 2.75) is 33.1 Å². The molecule has 0 aliphatic rings. The van der Waals surface area contributed by atoms with Gasteiger partial charge in [0.2, 0.25) is 0 Å². The fraction of sp³-hybridized carbons (Fsp3) is 0.615. The Morgan fingerprint density at radius 1 is 1.29 bits per heavy atom. The summed E-state index contributed by atoms with van der Waals surface area (Å²) < 4.78 is 0. The number of hydrogen-bond acceptors (Lipinski definition) is 5. The van der Waals surface area contributed by atoms with E-state index >= 15 is 0 Å². The van der Waals surface area contributed by atoms with Gasteiger partial charge in [-0.15, -0.1) is 5.10 Å². The van der Waals surface area contributed by atoms with E-state index in [0.29, 0.717) is 18.9 Å². The maximum atomic E-state index is 11.6. The highest BCUT2D eigenvalue weighted by molar-refractivity contribution is 5.87. The average molecular weight is 295 g/mol. The molecule has 0 aliphatic carbocycles. The first-order chi connectivity index (χ1) is 9.99. The van der Waals surface area contributed by atoms with Gasteiger partial charge in [-0.1, -0.05) is 13.8 Å². The third-order valence-corrected chi connectivity index (χ3v) is 3.18. The Morgan fingerprint density at radius 2 is 2.05 bits per heavy atom. The molecule has 1 atom stereocenters. The second kappa shape index (κ2) is 8.83. The molecule has 0 radical (unpaired) electrons. The molecular formula is C13H21N5O3. The molecule has 3 N–H and O–H groups in total. The summed E-state index contributed by atoms with van der Waals surface area (Å²) >= 11 is 0. The molecule has 0 aromatic carbocycles. The lowest BCUT2D eigenvalue weighted by molar-refractivity contribution is -0.137. The average Bonchev–Trinajstić information content (AvgIpc) is 2.43. The summed E-state index contributed by atoms with van der Waals surface area (Å²) in [6.07, 6.45) is 4.34. The van der Waals surface area contributed by atoms with Gasteiger partial charge in [0.05, 0.1) is 12.4 Å². The highest BCUT2D eigenvalue weighted by atomic mass is 16.4. The van der Waals surface area contributed by atoms with Crippen LogP contribution in [-0.4, -0.2) is 38.8 Å². The van der Waals surface area contributed by atoms with Crippen molar-refractivity contribution in [2.75, 3.05) is 11.9 Å². The summed E-state index contributed by atoms with van der Waals surface area (Å²) in [6, 6.07) is -0.399. The lowest BCUT2D eigenvalue weighted by Crippen LogP contribution is -2.31. The van der Waals surface area contributed by atoms with Crippen molar-refractivity contribution in [1.82, 2.24) is 20.5 Å². The van der Waals surface area contributed by atoms with Gasteiger partial charge in [0.25, 0.3) is 5.95 Å². The summed E-state index contributed by atoms with van der Waals surface area (Å²) in [7, 11) is 0. The Bertz CT molecular complexity index is 452. The summed E-state index contributed by atoms with van der Waals surface area (Å²) in [5.74, 6) is -0.0201. The maximum Gasteiger partial charge on any atom is 0.321 e. The van der Waals surface area contributed by atoms with Crippen LogP contribution in [0.1, 0.15) is 33.1 Å². The first kappa shape index (κ1) is 16.8. The summed E-state index contributed by atoms with van der Waals surface area (Å²) in [4.78, 5) is 26.0. The lowest BCUT2D eigenvalue weighted by Gasteiger charge is -2.20. The number of carbonyl (C=O) groups excluding carboxylic acids is 1. The van der Waals surface area contributed by atoms with Crippen molar-refractivity contribution in [3.05, 3.63) is 12.4 Å². The van der Waals surface area contributed by atoms with Gasteiger partial charge in [0.1, 0.15) is 0 Å². The smallest absolute Gasteiger partial charge is 0.321 e. The van der Waals surface area contributed by atoms with Crippen molar-refractivity contribution >= 4 is 17.9 Å². The van der Waals surface area contributed by atoms with Crippen LogP contribution in [0.3, 0.4) is 0 Å².